The molecule has 0 unspecified atom stereocenters. The van der Waals surface area contributed by atoms with Crippen molar-refractivity contribution < 1.29 is 13.1 Å². The van der Waals surface area contributed by atoms with Gasteiger partial charge in [0.25, 0.3) is 0 Å². The lowest BCUT2D eigenvalue weighted by molar-refractivity contribution is 0.170. The predicted molar refractivity (Wildman–Crippen MR) is 66.5 cm³/mol. The minimum atomic E-state index is -2.49. The second-order valence-corrected chi connectivity index (χ2v) is 6.91. The smallest absolute Gasteiger partial charge is 0.376 e. The molecule has 0 radical (unpaired) electrons. The van der Waals surface area contributed by atoms with Gasteiger partial charge >= 0.3 is 8.80 Å². The number of nitrogens with two attached hydrogens (primary N) is 1. The average molecular weight is 270 g/mol. The molecule has 0 saturated heterocycles. The average Bonchev–Trinajstić information content (AvgIpc) is 2.27. The Morgan fingerprint density at radius 2 is 2.00 bits per heavy atom. The first-order valence-corrected chi connectivity index (χ1v) is 8.52. The van der Waals surface area contributed by atoms with Crippen molar-refractivity contribution in [2.24, 2.45) is 5.73 Å². The van der Waals surface area contributed by atoms with Crippen molar-refractivity contribution in [3.05, 3.63) is 0 Å². The number of hydrogen-bond acceptors (Lipinski definition) is 6. The van der Waals surface area contributed by atoms with Crippen molar-refractivity contribution in [3.8, 4) is 0 Å². The molecule has 0 amide bonds. The first kappa shape index (κ1) is 15.5. The number of hydrogen-bond donors (Lipinski definition) is 2. The third kappa shape index (κ3) is 6.65. The fraction of sp³-hybridized carbons (Fsp3) is 1.00. The monoisotopic (exact) mass is 270 g/mol. The van der Waals surface area contributed by atoms with Gasteiger partial charge in [0, 0.05) is 33.4 Å². The summed E-state index contributed by atoms with van der Waals surface area (Å²) in [5.74, 6) is 0. The molecule has 0 saturated carbocycles. The van der Waals surface area contributed by atoms with Crippen LogP contribution in [0.15, 0.2) is 0 Å². The van der Waals surface area contributed by atoms with Crippen LogP contribution >= 0.6 is 7.58 Å². The highest BCUT2D eigenvalue weighted by Crippen LogP contribution is 2.20. The molecule has 0 aromatic rings. The van der Waals surface area contributed by atoms with Crippen LogP contribution in [0, 0.1) is 0 Å². The van der Waals surface area contributed by atoms with Gasteiger partial charge in [-0.1, -0.05) is 0 Å². The summed E-state index contributed by atoms with van der Waals surface area (Å²) in [6.07, 6.45) is 0.929. The zero-order chi connectivity index (χ0) is 11.6. The first-order valence-electron chi connectivity index (χ1n) is 4.76. The van der Waals surface area contributed by atoms with E-state index in [1.165, 1.54) is 0 Å². The third-order valence-electron chi connectivity index (χ3n) is 1.96. The quantitative estimate of drug-likeness (QED) is 0.342. The third-order valence-corrected chi connectivity index (χ3v) is 6.25. The zero-order valence-corrected chi connectivity index (χ0v) is 11.9. The Morgan fingerprint density at radius 3 is 2.47 bits per heavy atom. The molecule has 0 spiro atoms. The van der Waals surface area contributed by atoms with Crippen molar-refractivity contribution in [1.29, 1.82) is 0 Å². The molecule has 0 aromatic heterocycles. The maximum absolute atomic E-state index is 5.36. The van der Waals surface area contributed by atoms with Crippen LogP contribution in [-0.4, -0.2) is 42.7 Å². The molecular weight excluding hydrogens is 251 g/mol. The number of rotatable bonds is 10. The van der Waals surface area contributed by atoms with Gasteiger partial charge in [0.1, 0.15) is 7.58 Å². The summed E-state index contributed by atoms with van der Waals surface area (Å²) in [7, 11) is 1.15. The lowest BCUT2D eigenvalue weighted by Gasteiger charge is -2.23. The van der Waals surface area contributed by atoms with Gasteiger partial charge in [-0.05, 0) is 24.8 Å². The van der Waals surface area contributed by atoms with Gasteiger partial charge in [-0.25, -0.2) is 0 Å². The summed E-state index contributed by atoms with van der Waals surface area (Å²) < 4.78 is 16.0. The van der Waals surface area contributed by atoms with E-state index in [1.807, 2.05) is 0 Å². The van der Waals surface area contributed by atoms with Gasteiger partial charge in [0.05, 0.1) is 0 Å². The normalized spacial score (nSPS) is 12.2. The van der Waals surface area contributed by atoms with E-state index in [1.54, 1.807) is 14.2 Å². The minimum Gasteiger partial charge on any atom is -0.376 e. The molecule has 90 valence electrons. The van der Waals surface area contributed by atoms with Gasteiger partial charge in [-0.3, -0.25) is 0 Å². The first-order chi connectivity index (χ1) is 7.24. The van der Waals surface area contributed by atoms with Crippen molar-refractivity contribution >= 4 is 28.2 Å². The highest BCUT2D eigenvalue weighted by atomic mass is 32.4. The fourth-order valence-corrected chi connectivity index (χ4v) is 4.74. The van der Waals surface area contributed by atoms with E-state index in [9.17, 15) is 0 Å². The Hall–Kier alpha value is 0.537. The van der Waals surface area contributed by atoms with Crippen molar-refractivity contribution in [2.45, 2.75) is 12.5 Å². The van der Waals surface area contributed by atoms with Crippen LogP contribution in [0.2, 0.25) is 6.04 Å². The Bertz CT molecular complexity index is 174. The summed E-state index contributed by atoms with van der Waals surface area (Å²) in [5.41, 5.74) is 5.35. The van der Waals surface area contributed by atoms with E-state index in [2.05, 4.69) is 5.32 Å². The van der Waals surface area contributed by atoms with Crippen molar-refractivity contribution in [1.82, 2.24) is 5.32 Å². The topological polar surface area (TPSA) is 65.7 Å². The molecule has 0 fully saturated rings. The van der Waals surface area contributed by atoms with Crippen LogP contribution in [0.4, 0.5) is 0 Å². The van der Waals surface area contributed by atoms with Crippen molar-refractivity contribution in [2.75, 3.05) is 33.9 Å². The van der Waals surface area contributed by atoms with E-state index < -0.39 is 8.80 Å². The lowest BCUT2D eigenvalue weighted by Crippen LogP contribution is -2.41. The molecule has 0 aliphatic heterocycles. The van der Waals surface area contributed by atoms with Gasteiger partial charge in [0.15, 0.2) is 0 Å². The lowest BCUT2D eigenvalue weighted by atomic mass is 10.5. The van der Waals surface area contributed by atoms with Crippen molar-refractivity contribution in [3.63, 3.8) is 0 Å². The van der Waals surface area contributed by atoms with Crippen LogP contribution in [0.25, 0.3) is 0 Å². The molecule has 5 nitrogen and oxygen atoms in total. The van der Waals surface area contributed by atoms with E-state index in [4.69, 9.17) is 30.6 Å². The molecule has 3 N–H and O–H groups in total. The molecule has 0 aliphatic carbocycles. The van der Waals surface area contributed by atoms with Crippen LogP contribution < -0.4 is 11.1 Å². The molecule has 0 heterocycles. The molecule has 0 aliphatic rings. The summed E-state index contributed by atoms with van der Waals surface area (Å²) in [6, 6.07) is 0.765. The Morgan fingerprint density at radius 1 is 1.33 bits per heavy atom. The Kier molecular flexibility index (Phi) is 10.1. The largest absolute Gasteiger partial charge is 0.509 e. The summed E-state index contributed by atoms with van der Waals surface area (Å²) >= 11 is 4.75. The van der Waals surface area contributed by atoms with Gasteiger partial charge in [0.2, 0.25) is 0 Å². The van der Waals surface area contributed by atoms with E-state index in [-0.39, 0.29) is 0 Å². The summed E-state index contributed by atoms with van der Waals surface area (Å²) in [5, 5.41) is 3.20. The molecule has 15 heavy (non-hydrogen) atoms. The zero-order valence-electron chi connectivity index (χ0n) is 9.19. The molecule has 0 atom stereocenters. The standard InChI is InChI=1S/C7H19N2O3PSSi/c1-10-15(11-2,12-13-14)7-3-5-9-6-4-8/h9H,3-8H2,1-2H3. The summed E-state index contributed by atoms with van der Waals surface area (Å²) in [6.45, 7) is 2.36. The van der Waals surface area contributed by atoms with Gasteiger partial charge in [-0.2, -0.15) is 0 Å². The van der Waals surface area contributed by atoms with Crippen LogP contribution in [0.1, 0.15) is 6.42 Å². The molecule has 0 bridgehead atoms. The maximum atomic E-state index is 5.36. The fourth-order valence-electron chi connectivity index (χ4n) is 1.12. The highest BCUT2D eigenvalue weighted by Gasteiger charge is 2.38. The second-order valence-electron chi connectivity index (χ2n) is 2.90. The summed E-state index contributed by atoms with van der Waals surface area (Å²) in [4.78, 5) is 0. The molecule has 0 rings (SSSR count). The maximum Gasteiger partial charge on any atom is 0.509 e. The minimum absolute atomic E-state index is 0.435. The predicted octanol–water partition coefficient (Wildman–Crippen LogP) is 0.496. The van der Waals surface area contributed by atoms with Crippen LogP contribution in [-0.2, 0) is 24.9 Å². The number of nitrogens with one attached hydrogen (secondary N) is 1. The van der Waals surface area contributed by atoms with Gasteiger partial charge < -0.3 is 24.1 Å². The molecule has 8 heteroatoms. The van der Waals surface area contributed by atoms with Crippen LogP contribution in [0.5, 0.6) is 0 Å². The second kappa shape index (κ2) is 9.74. The van der Waals surface area contributed by atoms with E-state index >= 15 is 0 Å². The van der Waals surface area contributed by atoms with E-state index in [0.717, 1.165) is 25.6 Å². The van der Waals surface area contributed by atoms with E-state index in [0.29, 0.717) is 14.1 Å². The van der Waals surface area contributed by atoms with Crippen LogP contribution in [0.3, 0.4) is 0 Å². The SMILES string of the molecule is CO[Si](CCCNCCN)(OC)OP=S. The highest BCUT2D eigenvalue weighted by molar-refractivity contribution is 7.94. The Labute approximate surface area is 98.9 Å². The molecule has 0 aromatic carbocycles. The molecular formula is C7H19N2O3PSSi. The Balaban J connectivity index is 3.79. The van der Waals surface area contributed by atoms with Gasteiger partial charge in [-0.15, -0.1) is 0 Å².